The van der Waals surface area contributed by atoms with Gasteiger partial charge >= 0.3 is 5.97 Å². The molecule has 4 nitrogen and oxygen atoms in total. The van der Waals surface area contributed by atoms with Gasteiger partial charge in [-0.1, -0.05) is 13.3 Å². The first-order valence-electron chi connectivity index (χ1n) is 4.78. The van der Waals surface area contributed by atoms with Crippen LogP contribution in [0.4, 0.5) is 0 Å². The van der Waals surface area contributed by atoms with Gasteiger partial charge in [-0.3, -0.25) is 0 Å². The Morgan fingerprint density at radius 1 is 1.36 bits per heavy atom. The van der Waals surface area contributed by atoms with Gasteiger partial charge in [0.15, 0.2) is 0 Å². The standard InChI is InChI=1S/C10H18O4/c1-4-6-7-8(9(11)13-3)10(12)14-5-2/h11H,4-7H2,1-3H3/p-1. The molecular formula is C10H17O4-. The van der Waals surface area contributed by atoms with Gasteiger partial charge in [-0.2, -0.15) is 0 Å². The summed E-state index contributed by atoms with van der Waals surface area (Å²) in [6, 6.07) is 0. The van der Waals surface area contributed by atoms with E-state index in [0.29, 0.717) is 6.42 Å². The van der Waals surface area contributed by atoms with E-state index in [9.17, 15) is 9.90 Å². The van der Waals surface area contributed by atoms with Gasteiger partial charge in [0, 0.05) is 0 Å². The maximum absolute atomic E-state index is 11.3. The van der Waals surface area contributed by atoms with Crippen LogP contribution in [-0.4, -0.2) is 19.7 Å². The van der Waals surface area contributed by atoms with Gasteiger partial charge in [-0.15, -0.1) is 0 Å². The molecule has 4 heteroatoms. The van der Waals surface area contributed by atoms with E-state index in [0.717, 1.165) is 12.8 Å². The number of rotatable bonds is 6. The predicted octanol–water partition coefficient (Wildman–Crippen LogP) is 0.958. The van der Waals surface area contributed by atoms with Crippen LogP contribution in [0.2, 0.25) is 0 Å². The maximum atomic E-state index is 11.3. The lowest BCUT2D eigenvalue weighted by molar-refractivity contribution is -0.355. The molecule has 0 N–H and O–H groups in total. The Balaban J connectivity index is 4.47. The summed E-state index contributed by atoms with van der Waals surface area (Å²) in [4.78, 5) is 11.3. The predicted molar refractivity (Wildman–Crippen MR) is 50.2 cm³/mol. The third-order valence-corrected chi connectivity index (χ3v) is 1.73. The Morgan fingerprint density at radius 2 is 2.00 bits per heavy atom. The van der Waals surface area contributed by atoms with Crippen molar-refractivity contribution in [1.29, 1.82) is 0 Å². The van der Waals surface area contributed by atoms with E-state index in [1.54, 1.807) is 6.92 Å². The van der Waals surface area contributed by atoms with Crippen molar-refractivity contribution in [2.24, 2.45) is 0 Å². The number of unbranched alkanes of at least 4 members (excludes halogenated alkanes) is 1. The van der Waals surface area contributed by atoms with Crippen LogP contribution >= 0.6 is 0 Å². The first kappa shape index (κ1) is 12.8. The van der Waals surface area contributed by atoms with Crippen molar-refractivity contribution in [3.8, 4) is 0 Å². The molecule has 0 saturated heterocycles. The van der Waals surface area contributed by atoms with Gasteiger partial charge in [-0.05, 0) is 26.9 Å². The molecule has 0 unspecified atom stereocenters. The number of esters is 1. The fraction of sp³-hybridized carbons (Fsp3) is 0.700. The third kappa shape index (κ3) is 4.16. The average Bonchev–Trinajstić information content (AvgIpc) is 2.18. The van der Waals surface area contributed by atoms with Crippen LogP contribution in [0, 0.1) is 0 Å². The topological polar surface area (TPSA) is 58.6 Å². The highest BCUT2D eigenvalue weighted by atomic mass is 16.6. The van der Waals surface area contributed by atoms with Gasteiger partial charge in [0.05, 0.1) is 18.1 Å². The number of hydrogen-bond donors (Lipinski definition) is 0. The largest absolute Gasteiger partial charge is 0.616 e. The highest BCUT2D eigenvalue weighted by Gasteiger charge is 2.11. The van der Waals surface area contributed by atoms with E-state index in [4.69, 9.17) is 4.74 Å². The van der Waals surface area contributed by atoms with E-state index in [-0.39, 0.29) is 12.2 Å². The molecule has 0 aromatic carbocycles. The summed E-state index contributed by atoms with van der Waals surface area (Å²) in [5.41, 5.74) is 0.108. The molecule has 14 heavy (non-hydrogen) atoms. The molecule has 0 aromatic heterocycles. The minimum atomic E-state index is -0.586. The molecule has 82 valence electrons. The average molecular weight is 201 g/mol. The number of ether oxygens (including phenoxy) is 2. The third-order valence-electron chi connectivity index (χ3n) is 1.73. The highest BCUT2D eigenvalue weighted by Crippen LogP contribution is 2.12. The van der Waals surface area contributed by atoms with Crippen molar-refractivity contribution in [2.45, 2.75) is 33.1 Å². The quantitative estimate of drug-likeness (QED) is 0.365. The van der Waals surface area contributed by atoms with E-state index >= 15 is 0 Å². The molecule has 0 aromatic rings. The molecule has 0 atom stereocenters. The van der Waals surface area contributed by atoms with Gasteiger partial charge in [-0.25, -0.2) is 4.79 Å². The molecule has 0 rings (SSSR count). The molecule has 0 heterocycles. The summed E-state index contributed by atoms with van der Waals surface area (Å²) in [6.07, 6.45) is 2.12. The summed E-state index contributed by atoms with van der Waals surface area (Å²) in [5, 5.41) is 11.2. The summed E-state index contributed by atoms with van der Waals surface area (Å²) < 4.78 is 9.25. The van der Waals surface area contributed by atoms with E-state index < -0.39 is 11.9 Å². The molecule has 0 bridgehead atoms. The minimum absolute atomic E-state index is 0.108. The molecule has 0 radical (unpaired) electrons. The number of carbonyl (C=O) groups excluding carboxylic acids is 1. The van der Waals surface area contributed by atoms with Crippen molar-refractivity contribution in [3.63, 3.8) is 0 Å². The van der Waals surface area contributed by atoms with Gasteiger partial charge < -0.3 is 14.6 Å². The first-order valence-corrected chi connectivity index (χ1v) is 4.78. The van der Waals surface area contributed by atoms with Crippen molar-refractivity contribution in [3.05, 3.63) is 11.5 Å². The molecular weight excluding hydrogens is 184 g/mol. The van der Waals surface area contributed by atoms with Crippen molar-refractivity contribution < 1.29 is 19.4 Å². The minimum Gasteiger partial charge on any atom is -0.616 e. The first-order chi connectivity index (χ1) is 6.67. The zero-order chi connectivity index (χ0) is 11.0. The normalized spacial score (nSPS) is 11.9. The van der Waals surface area contributed by atoms with Gasteiger partial charge in [0.2, 0.25) is 0 Å². The van der Waals surface area contributed by atoms with Crippen LogP contribution in [-0.2, 0) is 14.3 Å². The van der Waals surface area contributed by atoms with Crippen LogP contribution in [0.1, 0.15) is 33.1 Å². The molecule has 0 aliphatic rings. The molecule has 0 amide bonds. The summed E-state index contributed by atoms with van der Waals surface area (Å²) in [6.45, 7) is 3.96. The Hall–Kier alpha value is -1.19. The lowest BCUT2D eigenvalue weighted by Crippen LogP contribution is -2.17. The molecule has 0 saturated carbocycles. The van der Waals surface area contributed by atoms with Crippen LogP contribution in [0.3, 0.4) is 0 Å². The number of methoxy groups -OCH3 is 1. The second-order valence-electron chi connectivity index (χ2n) is 2.79. The Bertz CT molecular complexity index is 208. The smallest absolute Gasteiger partial charge is 0.335 e. The SMILES string of the molecule is CCCCC(C(=O)OCC)=C([O-])OC. The van der Waals surface area contributed by atoms with E-state index in [1.807, 2.05) is 6.92 Å². The lowest BCUT2D eigenvalue weighted by atomic mass is 10.1. The Kier molecular flexibility index (Phi) is 6.62. The zero-order valence-corrected chi connectivity index (χ0v) is 8.96. The second-order valence-corrected chi connectivity index (χ2v) is 2.79. The van der Waals surface area contributed by atoms with Crippen LogP contribution in [0.5, 0.6) is 0 Å². The fourth-order valence-electron chi connectivity index (χ4n) is 0.982. The van der Waals surface area contributed by atoms with Crippen molar-refractivity contribution in [1.82, 2.24) is 0 Å². The highest BCUT2D eigenvalue weighted by molar-refractivity contribution is 5.88. The van der Waals surface area contributed by atoms with Crippen LogP contribution in [0.25, 0.3) is 0 Å². The zero-order valence-electron chi connectivity index (χ0n) is 8.96. The fourth-order valence-corrected chi connectivity index (χ4v) is 0.982. The van der Waals surface area contributed by atoms with Gasteiger partial charge in [0.25, 0.3) is 0 Å². The Morgan fingerprint density at radius 3 is 2.43 bits per heavy atom. The molecule has 0 aliphatic carbocycles. The summed E-state index contributed by atoms with van der Waals surface area (Å²) >= 11 is 0. The molecule has 0 spiro atoms. The molecule has 0 fully saturated rings. The summed E-state index contributed by atoms with van der Waals surface area (Å²) in [7, 11) is 1.26. The van der Waals surface area contributed by atoms with Crippen molar-refractivity contribution in [2.75, 3.05) is 13.7 Å². The van der Waals surface area contributed by atoms with Crippen LogP contribution < -0.4 is 5.11 Å². The van der Waals surface area contributed by atoms with E-state index in [1.165, 1.54) is 7.11 Å². The van der Waals surface area contributed by atoms with Crippen LogP contribution in [0.15, 0.2) is 11.5 Å². The van der Waals surface area contributed by atoms with E-state index in [2.05, 4.69) is 4.74 Å². The number of hydrogen-bond acceptors (Lipinski definition) is 4. The van der Waals surface area contributed by atoms with Crippen molar-refractivity contribution >= 4 is 5.97 Å². The van der Waals surface area contributed by atoms with Gasteiger partial charge in [0.1, 0.15) is 0 Å². The summed E-state index contributed by atoms with van der Waals surface area (Å²) in [5.74, 6) is -1.15. The number of carbonyl (C=O) groups is 1. The Labute approximate surface area is 84.5 Å². The maximum Gasteiger partial charge on any atom is 0.335 e. The second kappa shape index (κ2) is 7.24. The lowest BCUT2D eigenvalue weighted by Gasteiger charge is -2.15. The molecule has 0 aliphatic heterocycles. The monoisotopic (exact) mass is 201 g/mol.